The molecule has 0 aromatic heterocycles. The number of nitrogen functional groups attached to an aromatic ring is 1. The average Bonchev–Trinajstić information content (AvgIpc) is 2.80. The molecular formula is C11H15BrN2. The van der Waals surface area contributed by atoms with E-state index in [1.807, 2.05) is 12.1 Å². The van der Waals surface area contributed by atoms with Crippen LogP contribution in [0.3, 0.4) is 0 Å². The molecule has 0 radical (unpaired) electrons. The number of nitrogens with one attached hydrogen (secondary N) is 1. The van der Waals surface area contributed by atoms with Gasteiger partial charge >= 0.3 is 0 Å². The Balaban J connectivity index is 2.01. The molecule has 3 N–H and O–H groups in total. The molecule has 0 spiro atoms. The van der Waals surface area contributed by atoms with Gasteiger partial charge in [-0.05, 0) is 43.5 Å². The van der Waals surface area contributed by atoms with Gasteiger partial charge in [0, 0.05) is 22.2 Å². The Bertz CT molecular complexity index is 325. The number of benzene rings is 1. The summed E-state index contributed by atoms with van der Waals surface area (Å²) in [7, 11) is 0. The predicted molar refractivity (Wildman–Crippen MR) is 63.0 cm³/mol. The fourth-order valence-corrected chi connectivity index (χ4v) is 2.02. The molecule has 1 saturated carbocycles. The molecule has 0 aliphatic heterocycles. The molecule has 1 aromatic rings. The van der Waals surface area contributed by atoms with Gasteiger partial charge in [-0.15, -0.1) is 0 Å². The van der Waals surface area contributed by atoms with E-state index in [0.29, 0.717) is 5.54 Å². The Morgan fingerprint density at radius 3 is 2.71 bits per heavy atom. The van der Waals surface area contributed by atoms with Crippen molar-refractivity contribution in [2.45, 2.75) is 31.8 Å². The number of anilines is 1. The smallest absolute Gasteiger partial charge is 0.0328 e. The van der Waals surface area contributed by atoms with Crippen molar-refractivity contribution >= 4 is 21.6 Å². The fourth-order valence-electron chi connectivity index (χ4n) is 1.46. The third-order valence-electron chi connectivity index (χ3n) is 2.70. The molecule has 0 saturated heterocycles. The summed E-state index contributed by atoms with van der Waals surface area (Å²) in [4.78, 5) is 0. The van der Waals surface area contributed by atoms with Crippen molar-refractivity contribution in [3.05, 3.63) is 28.2 Å². The van der Waals surface area contributed by atoms with E-state index < -0.39 is 0 Å². The highest BCUT2D eigenvalue weighted by atomic mass is 79.9. The van der Waals surface area contributed by atoms with Crippen LogP contribution in [0, 0.1) is 0 Å². The van der Waals surface area contributed by atoms with Crippen molar-refractivity contribution in [2.75, 3.05) is 5.73 Å². The summed E-state index contributed by atoms with van der Waals surface area (Å²) in [6, 6.07) is 6.04. The number of hydrogen-bond acceptors (Lipinski definition) is 2. The molecule has 1 fully saturated rings. The topological polar surface area (TPSA) is 38.0 Å². The Kier molecular flexibility index (Phi) is 2.54. The fraction of sp³-hybridized carbons (Fsp3) is 0.455. The molecular weight excluding hydrogens is 240 g/mol. The van der Waals surface area contributed by atoms with Gasteiger partial charge in [0.05, 0.1) is 0 Å². The molecule has 0 atom stereocenters. The first kappa shape index (κ1) is 9.99. The third kappa shape index (κ3) is 2.49. The normalized spacial score (nSPS) is 18.1. The number of nitrogens with two attached hydrogens (primary N) is 1. The highest BCUT2D eigenvalue weighted by molar-refractivity contribution is 9.10. The highest BCUT2D eigenvalue weighted by Crippen LogP contribution is 2.34. The summed E-state index contributed by atoms with van der Waals surface area (Å²) in [5.41, 5.74) is 8.20. The van der Waals surface area contributed by atoms with Gasteiger partial charge in [-0.2, -0.15) is 0 Å². The largest absolute Gasteiger partial charge is 0.399 e. The van der Waals surface area contributed by atoms with Crippen LogP contribution in [-0.2, 0) is 6.54 Å². The Labute approximate surface area is 93.0 Å². The zero-order valence-electron chi connectivity index (χ0n) is 8.31. The summed E-state index contributed by atoms with van der Waals surface area (Å²) in [6.07, 6.45) is 2.58. The maximum absolute atomic E-state index is 5.76. The monoisotopic (exact) mass is 254 g/mol. The minimum atomic E-state index is 0.386. The quantitative estimate of drug-likeness (QED) is 0.815. The van der Waals surface area contributed by atoms with Crippen LogP contribution in [0.25, 0.3) is 0 Å². The highest BCUT2D eigenvalue weighted by Gasteiger charge is 2.36. The van der Waals surface area contributed by atoms with E-state index in [-0.39, 0.29) is 0 Å². The molecule has 3 heteroatoms. The van der Waals surface area contributed by atoms with Crippen molar-refractivity contribution in [3.8, 4) is 0 Å². The van der Waals surface area contributed by atoms with Crippen molar-refractivity contribution in [3.63, 3.8) is 0 Å². The van der Waals surface area contributed by atoms with Crippen LogP contribution in [-0.4, -0.2) is 5.54 Å². The summed E-state index contributed by atoms with van der Waals surface area (Å²) >= 11 is 3.44. The van der Waals surface area contributed by atoms with E-state index in [2.05, 4.69) is 34.2 Å². The van der Waals surface area contributed by atoms with Gasteiger partial charge in [-0.3, -0.25) is 0 Å². The molecule has 2 rings (SSSR count). The predicted octanol–water partition coefficient (Wildman–Crippen LogP) is 2.67. The molecule has 0 amide bonds. The molecule has 14 heavy (non-hydrogen) atoms. The van der Waals surface area contributed by atoms with Crippen LogP contribution in [0.15, 0.2) is 22.7 Å². The second-order valence-corrected chi connectivity index (χ2v) is 5.22. The van der Waals surface area contributed by atoms with Gasteiger partial charge in [0.25, 0.3) is 0 Å². The lowest BCUT2D eigenvalue weighted by atomic mass is 10.2. The second kappa shape index (κ2) is 3.55. The lowest BCUT2D eigenvalue weighted by Gasteiger charge is -2.11. The maximum Gasteiger partial charge on any atom is 0.0328 e. The first-order chi connectivity index (χ1) is 6.57. The van der Waals surface area contributed by atoms with E-state index >= 15 is 0 Å². The van der Waals surface area contributed by atoms with Crippen molar-refractivity contribution in [2.24, 2.45) is 0 Å². The molecule has 1 aliphatic rings. The maximum atomic E-state index is 5.76. The van der Waals surface area contributed by atoms with Crippen molar-refractivity contribution < 1.29 is 0 Å². The van der Waals surface area contributed by atoms with Crippen molar-refractivity contribution in [1.82, 2.24) is 5.32 Å². The molecule has 1 aliphatic carbocycles. The minimum absolute atomic E-state index is 0.386. The van der Waals surface area contributed by atoms with Crippen LogP contribution < -0.4 is 11.1 Å². The number of hydrogen-bond donors (Lipinski definition) is 2. The number of halogens is 1. The van der Waals surface area contributed by atoms with Gasteiger partial charge in [0.1, 0.15) is 0 Å². The lowest BCUT2D eigenvalue weighted by Crippen LogP contribution is -2.26. The Hall–Kier alpha value is -0.540. The van der Waals surface area contributed by atoms with Gasteiger partial charge < -0.3 is 11.1 Å². The number of rotatable bonds is 3. The van der Waals surface area contributed by atoms with Crippen LogP contribution >= 0.6 is 15.9 Å². The van der Waals surface area contributed by atoms with E-state index in [9.17, 15) is 0 Å². The lowest BCUT2D eigenvalue weighted by molar-refractivity contribution is 0.538. The van der Waals surface area contributed by atoms with Crippen LogP contribution in [0.4, 0.5) is 5.69 Å². The third-order valence-corrected chi connectivity index (χ3v) is 3.16. The van der Waals surface area contributed by atoms with Crippen LogP contribution in [0.2, 0.25) is 0 Å². The molecule has 76 valence electrons. The Morgan fingerprint density at radius 1 is 1.43 bits per heavy atom. The van der Waals surface area contributed by atoms with Gasteiger partial charge in [0.2, 0.25) is 0 Å². The summed E-state index contributed by atoms with van der Waals surface area (Å²) < 4.78 is 1.05. The van der Waals surface area contributed by atoms with Crippen molar-refractivity contribution in [1.29, 1.82) is 0 Å². The summed E-state index contributed by atoms with van der Waals surface area (Å²) in [6.45, 7) is 3.16. The van der Waals surface area contributed by atoms with E-state index in [4.69, 9.17) is 5.73 Å². The van der Waals surface area contributed by atoms with E-state index in [1.165, 1.54) is 18.4 Å². The summed E-state index contributed by atoms with van der Waals surface area (Å²) in [5, 5.41) is 3.53. The van der Waals surface area contributed by atoms with E-state index in [1.54, 1.807) is 0 Å². The van der Waals surface area contributed by atoms with E-state index in [0.717, 1.165) is 16.7 Å². The molecule has 0 heterocycles. The van der Waals surface area contributed by atoms with Crippen LogP contribution in [0.1, 0.15) is 25.3 Å². The molecule has 0 bridgehead atoms. The SMILES string of the molecule is CC1(NCc2cc(N)cc(Br)c2)CC1. The molecule has 1 aromatic carbocycles. The molecule has 0 unspecified atom stereocenters. The first-order valence-electron chi connectivity index (χ1n) is 4.87. The van der Waals surface area contributed by atoms with Gasteiger partial charge in [0.15, 0.2) is 0 Å². The minimum Gasteiger partial charge on any atom is -0.399 e. The first-order valence-corrected chi connectivity index (χ1v) is 5.67. The average molecular weight is 255 g/mol. The van der Waals surface area contributed by atoms with Gasteiger partial charge in [-0.1, -0.05) is 15.9 Å². The zero-order chi connectivity index (χ0) is 10.2. The molecule has 2 nitrogen and oxygen atoms in total. The standard InChI is InChI=1S/C11H15BrN2/c1-11(2-3-11)14-7-8-4-9(12)6-10(13)5-8/h4-6,14H,2-3,7,13H2,1H3. The second-order valence-electron chi connectivity index (χ2n) is 4.31. The van der Waals surface area contributed by atoms with Crippen LogP contribution in [0.5, 0.6) is 0 Å². The van der Waals surface area contributed by atoms with Gasteiger partial charge in [-0.25, -0.2) is 0 Å². The summed E-state index contributed by atoms with van der Waals surface area (Å²) in [5.74, 6) is 0. The Morgan fingerprint density at radius 2 is 2.14 bits per heavy atom. The zero-order valence-corrected chi connectivity index (χ0v) is 9.89.